The van der Waals surface area contributed by atoms with Crippen LogP contribution >= 0.6 is 15.9 Å². The minimum atomic E-state index is -0.551. The smallest absolute Gasteiger partial charge is 0.128 e. The highest BCUT2D eigenvalue weighted by molar-refractivity contribution is 9.10. The average molecular weight is 288 g/mol. The van der Waals surface area contributed by atoms with E-state index in [-0.39, 0.29) is 0 Å². The molecule has 1 unspecified atom stereocenters. The molecule has 0 saturated carbocycles. The molecular formula is C12H18BrNO2. The second-order valence-electron chi connectivity index (χ2n) is 3.83. The van der Waals surface area contributed by atoms with Crippen molar-refractivity contribution in [1.82, 2.24) is 5.32 Å². The zero-order valence-corrected chi connectivity index (χ0v) is 11.7. The first-order valence-corrected chi connectivity index (χ1v) is 5.98. The summed E-state index contributed by atoms with van der Waals surface area (Å²) in [5.41, 5.74) is 2.95. The van der Waals surface area contributed by atoms with Crippen molar-refractivity contribution in [3.63, 3.8) is 0 Å². The topological polar surface area (TPSA) is 41.5 Å². The van der Waals surface area contributed by atoms with Crippen LogP contribution in [0.1, 0.15) is 22.8 Å². The Bertz CT molecular complexity index is 380. The number of hydrogen-bond donors (Lipinski definition) is 2. The van der Waals surface area contributed by atoms with Crippen molar-refractivity contribution in [3.05, 3.63) is 27.2 Å². The quantitative estimate of drug-likeness (QED) is 0.893. The molecule has 90 valence electrons. The monoisotopic (exact) mass is 287 g/mol. The minimum absolute atomic E-state index is 0.511. The Balaban J connectivity index is 3.27. The molecule has 0 aromatic heterocycles. The van der Waals surface area contributed by atoms with Crippen LogP contribution in [0.4, 0.5) is 0 Å². The van der Waals surface area contributed by atoms with Gasteiger partial charge in [-0.25, -0.2) is 0 Å². The molecule has 1 rings (SSSR count). The molecule has 0 saturated heterocycles. The summed E-state index contributed by atoms with van der Waals surface area (Å²) in [6.45, 7) is 4.49. The fourth-order valence-corrected chi connectivity index (χ4v) is 2.09. The van der Waals surface area contributed by atoms with Crippen LogP contribution in [0, 0.1) is 13.8 Å². The summed E-state index contributed by atoms with van der Waals surface area (Å²) >= 11 is 3.52. The van der Waals surface area contributed by atoms with Crippen molar-refractivity contribution in [2.24, 2.45) is 0 Å². The number of likely N-dealkylation sites (N-methyl/N-ethyl adjacent to an activating group) is 1. The van der Waals surface area contributed by atoms with Crippen LogP contribution in [-0.2, 0) is 0 Å². The normalized spacial score (nSPS) is 12.6. The summed E-state index contributed by atoms with van der Waals surface area (Å²) in [5.74, 6) is 0.750. The van der Waals surface area contributed by atoms with Crippen LogP contribution in [0.5, 0.6) is 5.75 Å². The van der Waals surface area contributed by atoms with Crippen molar-refractivity contribution in [2.75, 3.05) is 20.7 Å². The predicted molar refractivity (Wildman–Crippen MR) is 69.1 cm³/mol. The van der Waals surface area contributed by atoms with E-state index in [0.717, 1.165) is 26.9 Å². The number of hydrogen-bond acceptors (Lipinski definition) is 3. The SMILES string of the molecule is CNCC(O)c1cc(C)c(Br)c(C)c1OC. The number of ether oxygens (including phenoxy) is 1. The van der Waals surface area contributed by atoms with Gasteiger partial charge in [0.2, 0.25) is 0 Å². The third-order valence-electron chi connectivity index (χ3n) is 2.61. The lowest BCUT2D eigenvalue weighted by Crippen LogP contribution is -2.17. The predicted octanol–water partition coefficient (Wildman–Crippen LogP) is 2.33. The second-order valence-corrected chi connectivity index (χ2v) is 4.62. The number of methoxy groups -OCH3 is 1. The Morgan fingerprint density at radius 1 is 1.50 bits per heavy atom. The largest absolute Gasteiger partial charge is 0.496 e. The van der Waals surface area contributed by atoms with E-state index >= 15 is 0 Å². The molecular weight excluding hydrogens is 270 g/mol. The van der Waals surface area contributed by atoms with Gasteiger partial charge in [0.1, 0.15) is 5.75 Å². The first kappa shape index (κ1) is 13.5. The second kappa shape index (κ2) is 5.66. The maximum atomic E-state index is 10.0. The number of aryl methyl sites for hydroxylation is 1. The van der Waals surface area contributed by atoms with Gasteiger partial charge in [-0.3, -0.25) is 0 Å². The highest BCUT2D eigenvalue weighted by atomic mass is 79.9. The first-order chi connectivity index (χ1) is 7.52. The van der Waals surface area contributed by atoms with Gasteiger partial charge in [0, 0.05) is 22.1 Å². The molecule has 0 aliphatic carbocycles. The highest BCUT2D eigenvalue weighted by Crippen LogP contribution is 2.35. The standard InChI is InChI=1S/C12H18BrNO2/c1-7-5-9(10(15)6-14-3)12(16-4)8(2)11(7)13/h5,10,14-15H,6H2,1-4H3. The third-order valence-corrected chi connectivity index (χ3v) is 3.83. The maximum Gasteiger partial charge on any atom is 0.128 e. The summed E-state index contributed by atoms with van der Waals surface area (Å²) in [4.78, 5) is 0. The summed E-state index contributed by atoms with van der Waals surface area (Å²) < 4.78 is 6.39. The summed E-state index contributed by atoms with van der Waals surface area (Å²) in [6.07, 6.45) is -0.551. The van der Waals surface area contributed by atoms with E-state index in [1.807, 2.05) is 27.0 Å². The highest BCUT2D eigenvalue weighted by Gasteiger charge is 2.17. The molecule has 0 bridgehead atoms. The molecule has 0 heterocycles. The van der Waals surface area contributed by atoms with Crippen LogP contribution in [0.3, 0.4) is 0 Å². The van der Waals surface area contributed by atoms with E-state index in [1.165, 1.54) is 0 Å². The average Bonchev–Trinajstić information content (AvgIpc) is 2.26. The molecule has 0 fully saturated rings. The molecule has 1 aromatic carbocycles. The van der Waals surface area contributed by atoms with Gasteiger partial charge in [0.25, 0.3) is 0 Å². The van der Waals surface area contributed by atoms with Crippen LogP contribution in [0.15, 0.2) is 10.5 Å². The van der Waals surface area contributed by atoms with Gasteiger partial charge < -0.3 is 15.2 Å². The van der Waals surface area contributed by atoms with E-state index in [4.69, 9.17) is 4.74 Å². The summed E-state index contributed by atoms with van der Waals surface area (Å²) in [5, 5.41) is 13.0. The lowest BCUT2D eigenvalue weighted by atomic mass is 10.0. The van der Waals surface area contributed by atoms with Crippen LogP contribution < -0.4 is 10.1 Å². The van der Waals surface area contributed by atoms with Gasteiger partial charge in [-0.15, -0.1) is 0 Å². The summed E-state index contributed by atoms with van der Waals surface area (Å²) in [7, 11) is 3.44. The fraction of sp³-hybridized carbons (Fsp3) is 0.500. The third kappa shape index (κ3) is 2.56. The van der Waals surface area contributed by atoms with Gasteiger partial charge in [-0.05, 0) is 32.5 Å². The number of rotatable bonds is 4. The van der Waals surface area contributed by atoms with Crippen molar-refractivity contribution < 1.29 is 9.84 Å². The van der Waals surface area contributed by atoms with E-state index in [9.17, 15) is 5.11 Å². The number of aliphatic hydroxyl groups is 1. The van der Waals surface area contributed by atoms with Crippen molar-refractivity contribution >= 4 is 15.9 Å². The number of halogens is 1. The molecule has 1 atom stereocenters. The molecule has 1 aromatic rings. The number of benzene rings is 1. The Kier molecular flexibility index (Phi) is 4.77. The van der Waals surface area contributed by atoms with E-state index in [0.29, 0.717) is 6.54 Å². The van der Waals surface area contributed by atoms with Gasteiger partial charge >= 0.3 is 0 Å². The zero-order chi connectivity index (χ0) is 12.3. The van der Waals surface area contributed by atoms with Gasteiger partial charge in [-0.2, -0.15) is 0 Å². The lowest BCUT2D eigenvalue weighted by Gasteiger charge is -2.18. The van der Waals surface area contributed by atoms with E-state index < -0.39 is 6.10 Å². The molecule has 4 heteroatoms. The number of aliphatic hydroxyl groups excluding tert-OH is 1. The van der Waals surface area contributed by atoms with Crippen LogP contribution in [0.2, 0.25) is 0 Å². The molecule has 0 spiro atoms. The van der Waals surface area contributed by atoms with Crippen molar-refractivity contribution in [1.29, 1.82) is 0 Å². The maximum absolute atomic E-state index is 10.0. The number of nitrogens with one attached hydrogen (secondary N) is 1. The van der Waals surface area contributed by atoms with Gasteiger partial charge in [0.05, 0.1) is 13.2 Å². The van der Waals surface area contributed by atoms with Crippen molar-refractivity contribution in [3.8, 4) is 5.75 Å². The Labute approximate surface area is 105 Å². The Morgan fingerprint density at radius 3 is 2.62 bits per heavy atom. The molecule has 3 nitrogen and oxygen atoms in total. The van der Waals surface area contributed by atoms with Gasteiger partial charge in [0.15, 0.2) is 0 Å². The van der Waals surface area contributed by atoms with Crippen LogP contribution in [-0.4, -0.2) is 25.8 Å². The minimum Gasteiger partial charge on any atom is -0.496 e. The molecule has 16 heavy (non-hydrogen) atoms. The lowest BCUT2D eigenvalue weighted by molar-refractivity contribution is 0.173. The van der Waals surface area contributed by atoms with Gasteiger partial charge in [-0.1, -0.05) is 15.9 Å². The molecule has 0 aliphatic rings. The molecule has 0 amide bonds. The molecule has 2 N–H and O–H groups in total. The van der Waals surface area contributed by atoms with E-state index in [2.05, 4.69) is 21.2 Å². The fourth-order valence-electron chi connectivity index (χ4n) is 1.80. The first-order valence-electron chi connectivity index (χ1n) is 5.19. The van der Waals surface area contributed by atoms with Crippen molar-refractivity contribution in [2.45, 2.75) is 20.0 Å². The Morgan fingerprint density at radius 2 is 2.12 bits per heavy atom. The summed E-state index contributed by atoms with van der Waals surface area (Å²) in [6, 6.07) is 1.96. The molecule has 0 aliphatic heterocycles. The zero-order valence-electron chi connectivity index (χ0n) is 10.1. The van der Waals surface area contributed by atoms with Crippen LogP contribution in [0.25, 0.3) is 0 Å². The molecule has 0 radical (unpaired) electrons. The Hall–Kier alpha value is -0.580. The van der Waals surface area contributed by atoms with E-state index in [1.54, 1.807) is 7.11 Å².